The second kappa shape index (κ2) is 13.9. The number of hydrogen-bond donors (Lipinski definition) is 3. The Morgan fingerprint density at radius 1 is 1.21 bits per heavy atom. The number of anilines is 2. The molecule has 1 amide bonds. The highest BCUT2D eigenvalue weighted by Gasteiger charge is 2.35. The van der Waals surface area contributed by atoms with Crippen LogP contribution < -0.4 is 20.7 Å². The van der Waals surface area contributed by atoms with Gasteiger partial charge in [0.2, 0.25) is 0 Å². The minimum atomic E-state index is -0.316. The maximum absolute atomic E-state index is 12.5. The van der Waals surface area contributed by atoms with E-state index >= 15 is 0 Å². The fourth-order valence-corrected chi connectivity index (χ4v) is 6.34. The number of piperazine rings is 1. The van der Waals surface area contributed by atoms with Gasteiger partial charge in [-0.25, -0.2) is 9.97 Å². The molecule has 0 radical (unpaired) electrons. The van der Waals surface area contributed by atoms with Gasteiger partial charge in [-0.2, -0.15) is 5.26 Å². The van der Waals surface area contributed by atoms with E-state index in [-0.39, 0.29) is 41.8 Å². The first-order valence-electron chi connectivity index (χ1n) is 15.0. The summed E-state index contributed by atoms with van der Waals surface area (Å²) in [5, 5.41) is 21.6. The summed E-state index contributed by atoms with van der Waals surface area (Å²) in [6.07, 6.45) is 6.24. The number of aliphatic hydroxyl groups is 1. The van der Waals surface area contributed by atoms with Crippen LogP contribution in [0.15, 0.2) is 18.2 Å². The van der Waals surface area contributed by atoms with E-state index in [0.717, 1.165) is 83.4 Å². The van der Waals surface area contributed by atoms with Gasteiger partial charge in [0.05, 0.1) is 18.2 Å². The van der Waals surface area contributed by atoms with E-state index in [1.54, 1.807) is 6.07 Å². The number of nitrogen functional groups attached to an aromatic ring is 1. The second-order valence-electron chi connectivity index (χ2n) is 11.5. The first kappa shape index (κ1) is 30.3. The van der Waals surface area contributed by atoms with Crippen molar-refractivity contribution in [3.63, 3.8) is 0 Å². The third-order valence-corrected chi connectivity index (χ3v) is 8.66. The highest BCUT2D eigenvalue weighted by molar-refractivity contribution is 6.32. The summed E-state index contributed by atoms with van der Waals surface area (Å²) in [6.45, 7) is 7.49. The Labute approximate surface area is 252 Å². The fourth-order valence-electron chi connectivity index (χ4n) is 6.10. The quantitative estimate of drug-likeness (QED) is 0.354. The van der Waals surface area contributed by atoms with E-state index in [9.17, 15) is 15.2 Å². The molecule has 0 spiro atoms. The molecule has 226 valence electrons. The number of aromatic nitrogens is 2. The molecule has 4 N–H and O–H groups in total. The highest BCUT2D eigenvalue weighted by atomic mass is 35.5. The number of likely N-dealkylation sites (tertiary alicyclic amines) is 1. The Hall–Kier alpha value is -3.17. The van der Waals surface area contributed by atoms with Gasteiger partial charge < -0.3 is 25.8 Å². The van der Waals surface area contributed by atoms with E-state index in [2.05, 4.69) is 43.0 Å². The summed E-state index contributed by atoms with van der Waals surface area (Å²) in [5.74, 6) is 1.02. The summed E-state index contributed by atoms with van der Waals surface area (Å²) in [5.41, 5.74) is 7.86. The number of hydrogen-bond acceptors (Lipinski definition) is 10. The third-order valence-electron chi connectivity index (χ3n) is 8.41. The van der Waals surface area contributed by atoms with Crippen LogP contribution in [0.2, 0.25) is 5.15 Å². The summed E-state index contributed by atoms with van der Waals surface area (Å²) in [4.78, 5) is 28.7. The predicted octanol–water partition coefficient (Wildman–Crippen LogP) is 2.80. The molecule has 1 aliphatic carbocycles. The smallest absolute Gasteiger partial charge is 0.274 e. The number of ether oxygens (including phenoxy) is 1. The molecule has 0 bridgehead atoms. The van der Waals surface area contributed by atoms with Crippen molar-refractivity contribution in [1.82, 2.24) is 25.1 Å². The number of carbonyl (C=O) groups is 1. The largest absolute Gasteiger partial charge is 0.491 e. The molecule has 3 fully saturated rings. The van der Waals surface area contributed by atoms with Crippen molar-refractivity contribution in [3.05, 3.63) is 40.2 Å². The highest BCUT2D eigenvalue weighted by Crippen LogP contribution is 2.31. The number of carbonyl (C=O) groups excluding carboxylic acids is 1. The van der Waals surface area contributed by atoms with Gasteiger partial charge in [-0.05, 0) is 57.3 Å². The van der Waals surface area contributed by atoms with Crippen LogP contribution in [-0.2, 0) is 6.54 Å². The van der Waals surface area contributed by atoms with Gasteiger partial charge in [-0.1, -0.05) is 31.0 Å². The van der Waals surface area contributed by atoms with Gasteiger partial charge in [0.15, 0.2) is 22.5 Å². The van der Waals surface area contributed by atoms with Crippen LogP contribution in [0.1, 0.15) is 67.1 Å². The molecular weight excluding hydrogens is 556 g/mol. The molecule has 12 heteroatoms. The van der Waals surface area contributed by atoms with Crippen LogP contribution in [0.4, 0.5) is 11.6 Å². The van der Waals surface area contributed by atoms with Crippen molar-refractivity contribution in [2.45, 2.75) is 70.1 Å². The number of amides is 1. The van der Waals surface area contributed by atoms with Crippen molar-refractivity contribution < 1.29 is 14.6 Å². The minimum Gasteiger partial charge on any atom is -0.491 e. The zero-order valence-corrected chi connectivity index (χ0v) is 25.0. The number of nitrogens with one attached hydrogen (secondary N) is 1. The number of rotatable bonds is 11. The molecule has 3 heterocycles. The van der Waals surface area contributed by atoms with Crippen LogP contribution in [0.3, 0.4) is 0 Å². The number of halogens is 1. The van der Waals surface area contributed by atoms with Crippen LogP contribution >= 0.6 is 11.6 Å². The molecule has 1 saturated carbocycles. The average molecular weight is 597 g/mol. The second-order valence-corrected chi connectivity index (χ2v) is 11.8. The number of piperidine rings is 1. The van der Waals surface area contributed by atoms with Gasteiger partial charge in [0, 0.05) is 49.9 Å². The minimum absolute atomic E-state index is 0.0667. The SMILES string of the molecule is CCC[C@H]1CN(c2nc(N)c(C(=O)NC3CC3)nc2Cl)CCN1C1CCN(Cc2ccc(C#N)cc2OCCO)CC1. The van der Waals surface area contributed by atoms with Crippen LogP contribution in [0.25, 0.3) is 0 Å². The standard InChI is InChI=1S/C30H41ClN8O3/c1-2-3-24-19-38(29-27(31)35-26(28(33)36-29)30(41)34-22-6-7-22)12-13-39(24)23-8-10-37(11-9-23)18-21-5-4-20(17-32)16-25(21)42-15-14-40/h4-5,16,22-24,40H,2-3,6-15,18-19H2,1H3,(H2,33,36)(H,34,41)/t24-/m0/s1. The molecule has 1 aromatic carbocycles. The zero-order chi connectivity index (χ0) is 29.6. The monoisotopic (exact) mass is 596 g/mol. The Morgan fingerprint density at radius 3 is 2.69 bits per heavy atom. The number of benzene rings is 1. The lowest BCUT2D eigenvalue weighted by atomic mass is 9.97. The average Bonchev–Trinajstić information content (AvgIpc) is 3.82. The van der Waals surface area contributed by atoms with E-state index < -0.39 is 0 Å². The van der Waals surface area contributed by atoms with Gasteiger partial charge in [-0.3, -0.25) is 14.6 Å². The number of aliphatic hydroxyl groups excluding tert-OH is 1. The van der Waals surface area contributed by atoms with E-state index in [1.807, 2.05) is 12.1 Å². The molecule has 0 unspecified atom stereocenters. The Balaban J connectivity index is 1.20. The number of nitrogens with zero attached hydrogens (tertiary/aromatic N) is 6. The summed E-state index contributed by atoms with van der Waals surface area (Å²) in [6, 6.07) is 8.75. The van der Waals surface area contributed by atoms with E-state index in [0.29, 0.717) is 29.2 Å². The van der Waals surface area contributed by atoms with Crippen molar-refractivity contribution in [2.75, 3.05) is 56.6 Å². The van der Waals surface area contributed by atoms with E-state index in [4.69, 9.17) is 22.1 Å². The van der Waals surface area contributed by atoms with Crippen LogP contribution in [0.5, 0.6) is 5.75 Å². The molecule has 11 nitrogen and oxygen atoms in total. The van der Waals surface area contributed by atoms with Crippen LogP contribution in [-0.4, -0.2) is 94.8 Å². The van der Waals surface area contributed by atoms with Gasteiger partial charge in [-0.15, -0.1) is 0 Å². The molecular formula is C30H41ClN8O3. The third kappa shape index (κ3) is 7.24. The Morgan fingerprint density at radius 2 is 2.00 bits per heavy atom. The Kier molecular flexibility index (Phi) is 10.0. The molecule has 42 heavy (non-hydrogen) atoms. The number of nitriles is 1. The van der Waals surface area contributed by atoms with Crippen molar-refractivity contribution in [3.8, 4) is 11.8 Å². The summed E-state index contributed by atoms with van der Waals surface area (Å²) >= 11 is 6.57. The molecule has 3 aliphatic rings. The fraction of sp³-hybridized carbons (Fsp3) is 0.600. The lowest BCUT2D eigenvalue weighted by Crippen LogP contribution is -2.58. The maximum Gasteiger partial charge on any atom is 0.274 e. The first-order chi connectivity index (χ1) is 20.4. The lowest BCUT2D eigenvalue weighted by Gasteiger charge is -2.48. The van der Waals surface area contributed by atoms with Crippen molar-refractivity contribution >= 4 is 29.1 Å². The van der Waals surface area contributed by atoms with Gasteiger partial charge in [0.1, 0.15) is 12.4 Å². The van der Waals surface area contributed by atoms with Crippen LogP contribution in [0, 0.1) is 11.3 Å². The molecule has 1 atom stereocenters. The Bertz CT molecular complexity index is 1290. The molecule has 2 aromatic rings. The first-order valence-corrected chi connectivity index (χ1v) is 15.4. The predicted molar refractivity (Wildman–Crippen MR) is 162 cm³/mol. The van der Waals surface area contributed by atoms with Gasteiger partial charge in [0.25, 0.3) is 5.91 Å². The van der Waals surface area contributed by atoms with Crippen molar-refractivity contribution in [1.29, 1.82) is 5.26 Å². The lowest BCUT2D eigenvalue weighted by molar-refractivity contribution is 0.0586. The van der Waals surface area contributed by atoms with E-state index in [1.165, 1.54) is 0 Å². The molecule has 1 aromatic heterocycles. The zero-order valence-electron chi connectivity index (χ0n) is 24.3. The summed E-state index contributed by atoms with van der Waals surface area (Å²) in [7, 11) is 0. The molecule has 2 aliphatic heterocycles. The molecule has 5 rings (SSSR count). The topological polar surface area (TPSA) is 144 Å². The molecule has 2 saturated heterocycles. The van der Waals surface area contributed by atoms with Crippen molar-refractivity contribution in [2.24, 2.45) is 0 Å². The normalized spacial score (nSPS) is 20.3. The number of nitrogens with two attached hydrogens (primary N) is 1. The maximum atomic E-state index is 12.5. The summed E-state index contributed by atoms with van der Waals surface area (Å²) < 4.78 is 5.74. The van der Waals surface area contributed by atoms with Gasteiger partial charge >= 0.3 is 0 Å².